The van der Waals surface area contributed by atoms with Crippen LogP contribution in [0.5, 0.6) is 0 Å². The first-order valence-corrected chi connectivity index (χ1v) is 6.38. The summed E-state index contributed by atoms with van der Waals surface area (Å²) in [6.45, 7) is 0. The lowest BCUT2D eigenvalue weighted by atomic mass is 9.84. The highest BCUT2D eigenvalue weighted by atomic mass is 16.1. The number of nitrogens with two attached hydrogens (primary N) is 1. The first-order valence-electron chi connectivity index (χ1n) is 6.38. The summed E-state index contributed by atoms with van der Waals surface area (Å²) in [4.78, 5) is 10.5. The van der Waals surface area contributed by atoms with Crippen molar-refractivity contribution in [2.75, 3.05) is 0 Å². The Balaban J connectivity index is 0.000000165. The average Bonchev–Trinajstić information content (AvgIpc) is 2.32. The van der Waals surface area contributed by atoms with E-state index < -0.39 is 5.54 Å². The van der Waals surface area contributed by atoms with Gasteiger partial charge in [-0.1, -0.05) is 25.7 Å². The van der Waals surface area contributed by atoms with E-state index in [4.69, 9.17) is 11.0 Å². The topological polar surface area (TPSA) is 66.9 Å². The van der Waals surface area contributed by atoms with Crippen molar-refractivity contribution in [2.24, 2.45) is 5.73 Å². The Morgan fingerprint density at radius 3 is 1.81 bits per heavy atom. The third kappa shape index (κ3) is 4.76. The van der Waals surface area contributed by atoms with Crippen LogP contribution in [0.15, 0.2) is 0 Å². The summed E-state index contributed by atoms with van der Waals surface area (Å²) in [5.41, 5.74) is 5.22. The molecule has 0 aromatic carbocycles. The molecule has 2 aliphatic carbocycles. The summed E-state index contributed by atoms with van der Waals surface area (Å²) in [7, 11) is 0. The Labute approximate surface area is 98.0 Å². The SMILES string of the molecule is N#CC1(N)CCCCC1.O=C1CCCCC1. The molecule has 16 heavy (non-hydrogen) atoms. The summed E-state index contributed by atoms with van der Waals surface area (Å²) in [6.07, 6.45) is 10.5. The van der Waals surface area contributed by atoms with Crippen molar-refractivity contribution in [1.82, 2.24) is 0 Å². The second-order valence-electron chi connectivity index (χ2n) is 4.93. The van der Waals surface area contributed by atoms with Crippen molar-refractivity contribution in [2.45, 2.75) is 69.7 Å². The smallest absolute Gasteiger partial charge is 0.132 e. The van der Waals surface area contributed by atoms with Gasteiger partial charge >= 0.3 is 0 Å². The molecule has 0 unspecified atom stereocenters. The maximum Gasteiger partial charge on any atom is 0.132 e. The molecule has 0 amide bonds. The van der Waals surface area contributed by atoms with Crippen LogP contribution in [0.25, 0.3) is 0 Å². The molecular formula is C13H22N2O. The van der Waals surface area contributed by atoms with Crippen LogP contribution in [-0.2, 0) is 4.79 Å². The second kappa shape index (κ2) is 6.65. The molecule has 2 N–H and O–H groups in total. The Morgan fingerprint density at radius 2 is 1.50 bits per heavy atom. The largest absolute Gasteiger partial charge is 0.313 e. The van der Waals surface area contributed by atoms with E-state index in [1.54, 1.807) is 0 Å². The molecule has 0 aromatic heterocycles. The van der Waals surface area contributed by atoms with Gasteiger partial charge in [0.25, 0.3) is 0 Å². The van der Waals surface area contributed by atoms with E-state index in [1.165, 1.54) is 12.8 Å². The van der Waals surface area contributed by atoms with Gasteiger partial charge in [0.1, 0.15) is 11.3 Å². The number of rotatable bonds is 0. The Bertz CT molecular complexity index is 254. The predicted octanol–water partition coefficient (Wildman–Crippen LogP) is 2.69. The number of hydrogen-bond donors (Lipinski definition) is 1. The minimum absolute atomic E-state index is 0.464. The third-order valence-electron chi connectivity index (χ3n) is 3.38. The fourth-order valence-electron chi connectivity index (χ4n) is 2.24. The molecule has 2 fully saturated rings. The van der Waals surface area contributed by atoms with Gasteiger partial charge in [-0.15, -0.1) is 0 Å². The molecule has 2 saturated carbocycles. The Kier molecular flexibility index (Phi) is 5.48. The van der Waals surface area contributed by atoms with Gasteiger partial charge in [-0.3, -0.25) is 4.79 Å². The molecule has 0 atom stereocenters. The van der Waals surface area contributed by atoms with Gasteiger partial charge in [0, 0.05) is 12.8 Å². The van der Waals surface area contributed by atoms with Crippen molar-refractivity contribution in [1.29, 1.82) is 5.26 Å². The predicted molar refractivity (Wildman–Crippen MR) is 63.7 cm³/mol. The van der Waals surface area contributed by atoms with Gasteiger partial charge in [-0.2, -0.15) is 5.26 Å². The monoisotopic (exact) mass is 222 g/mol. The lowest BCUT2D eigenvalue weighted by Gasteiger charge is -2.25. The van der Waals surface area contributed by atoms with Gasteiger partial charge in [-0.25, -0.2) is 0 Å². The van der Waals surface area contributed by atoms with Crippen LogP contribution >= 0.6 is 0 Å². The summed E-state index contributed by atoms with van der Waals surface area (Å²) >= 11 is 0. The van der Waals surface area contributed by atoms with Crippen molar-refractivity contribution in [3.05, 3.63) is 0 Å². The maximum absolute atomic E-state index is 10.5. The number of Topliss-reactive ketones (excluding diaryl/α,β-unsaturated/α-hetero) is 1. The van der Waals surface area contributed by atoms with Gasteiger partial charge in [0.05, 0.1) is 6.07 Å². The summed E-state index contributed by atoms with van der Waals surface area (Å²) in [5.74, 6) is 0.464. The molecule has 2 rings (SSSR count). The van der Waals surface area contributed by atoms with Crippen LogP contribution in [0.1, 0.15) is 64.2 Å². The van der Waals surface area contributed by atoms with Gasteiger partial charge < -0.3 is 5.73 Å². The van der Waals surface area contributed by atoms with Gasteiger partial charge in [-0.05, 0) is 25.7 Å². The zero-order chi connectivity index (χ0) is 11.9. The lowest BCUT2D eigenvalue weighted by molar-refractivity contribution is -0.120. The Morgan fingerprint density at radius 1 is 1.00 bits per heavy atom. The number of ketones is 1. The van der Waals surface area contributed by atoms with Crippen LogP contribution < -0.4 is 5.73 Å². The molecule has 0 spiro atoms. The van der Waals surface area contributed by atoms with Crippen molar-refractivity contribution < 1.29 is 4.79 Å². The van der Waals surface area contributed by atoms with E-state index in [2.05, 4.69) is 6.07 Å². The first-order chi connectivity index (χ1) is 7.66. The fraction of sp³-hybridized carbons (Fsp3) is 0.846. The molecule has 0 radical (unpaired) electrons. The normalized spacial score (nSPS) is 23.9. The van der Waals surface area contributed by atoms with Gasteiger partial charge in [0.15, 0.2) is 0 Å². The van der Waals surface area contributed by atoms with E-state index in [9.17, 15) is 4.79 Å². The van der Waals surface area contributed by atoms with Gasteiger partial charge in [0.2, 0.25) is 0 Å². The number of carbonyl (C=O) groups is 1. The zero-order valence-electron chi connectivity index (χ0n) is 10.0. The zero-order valence-corrected chi connectivity index (χ0v) is 10.0. The molecule has 3 nitrogen and oxygen atoms in total. The number of hydrogen-bond acceptors (Lipinski definition) is 3. The second-order valence-corrected chi connectivity index (χ2v) is 4.93. The van der Waals surface area contributed by atoms with Crippen molar-refractivity contribution in [3.63, 3.8) is 0 Å². The van der Waals surface area contributed by atoms with Crippen LogP contribution in [0.3, 0.4) is 0 Å². The van der Waals surface area contributed by atoms with E-state index in [0.29, 0.717) is 5.78 Å². The molecular weight excluding hydrogens is 200 g/mol. The van der Waals surface area contributed by atoms with E-state index in [1.807, 2.05) is 0 Å². The minimum Gasteiger partial charge on any atom is -0.313 e. The summed E-state index contributed by atoms with van der Waals surface area (Å²) in [5, 5.41) is 8.58. The minimum atomic E-state index is -0.474. The quantitative estimate of drug-likeness (QED) is 0.685. The average molecular weight is 222 g/mol. The molecule has 2 aliphatic rings. The molecule has 3 heteroatoms. The summed E-state index contributed by atoms with van der Waals surface area (Å²) in [6, 6.07) is 2.16. The van der Waals surface area contributed by atoms with Crippen molar-refractivity contribution >= 4 is 5.78 Å². The summed E-state index contributed by atoms with van der Waals surface area (Å²) < 4.78 is 0. The van der Waals surface area contributed by atoms with Crippen LogP contribution in [0.2, 0.25) is 0 Å². The lowest BCUT2D eigenvalue weighted by Crippen LogP contribution is -2.39. The molecule has 0 heterocycles. The van der Waals surface area contributed by atoms with Crippen molar-refractivity contribution in [3.8, 4) is 6.07 Å². The molecule has 0 saturated heterocycles. The Hall–Kier alpha value is -0.880. The molecule has 90 valence electrons. The first kappa shape index (κ1) is 13.2. The highest BCUT2D eigenvalue weighted by molar-refractivity contribution is 5.78. The fourth-order valence-corrected chi connectivity index (χ4v) is 2.24. The van der Waals surface area contributed by atoms with Crippen LogP contribution in [0, 0.1) is 11.3 Å². The maximum atomic E-state index is 10.5. The molecule has 0 bridgehead atoms. The number of nitrogens with zero attached hydrogens (tertiary/aromatic N) is 1. The highest BCUT2D eigenvalue weighted by Gasteiger charge is 2.26. The molecule has 0 aliphatic heterocycles. The van der Waals surface area contributed by atoms with Crippen LogP contribution in [-0.4, -0.2) is 11.3 Å². The van der Waals surface area contributed by atoms with E-state index in [-0.39, 0.29) is 0 Å². The standard InChI is InChI=1S/C7H12N2.C6H10O/c8-6-7(9)4-2-1-3-5-7;7-6-4-2-1-3-5-6/h1-5,9H2;1-5H2. The molecule has 0 aromatic rings. The van der Waals surface area contributed by atoms with E-state index >= 15 is 0 Å². The highest BCUT2D eigenvalue weighted by Crippen LogP contribution is 2.24. The third-order valence-corrected chi connectivity index (χ3v) is 3.38. The number of nitriles is 1. The van der Waals surface area contributed by atoms with Crippen LogP contribution in [0.4, 0.5) is 0 Å². The number of carbonyl (C=O) groups excluding carboxylic acids is 1. The van der Waals surface area contributed by atoms with E-state index in [0.717, 1.165) is 51.4 Å².